The Hall–Kier alpha value is -2.69. The molecule has 128 valence electrons. The van der Waals surface area contributed by atoms with Crippen molar-refractivity contribution in [2.75, 3.05) is 19.5 Å². The lowest BCUT2D eigenvalue weighted by atomic mass is 10.1. The highest BCUT2D eigenvalue weighted by atomic mass is 16.5. The van der Waals surface area contributed by atoms with Crippen molar-refractivity contribution in [2.24, 2.45) is 0 Å². The summed E-state index contributed by atoms with van der Waals surface area (Å²) in [4.78, 5) is 12.4. The second-order valence-electron chi connectivity index (χ2n) is 5.59. The van der Waals surface area contributed by atoms with Gasteiger partial charge in [0.25, 0.3) is 5.91 Å². The van der Waals surface area contributed by atoms with E-state index in [1.165, 1.54) is 0 Å². The Labute approximate surface area is 142 Å². The van der Waals surface area contributed by atoms with Gasteiger partial charge < -0.3 is 19.5 Å². The number of rotatable bonds is 6. The van der Waals surface area contributed by atoms with E-state index < -0.39 is 6.10 Å². The summed E-state index contributed by atoms with van der Waals surface area (Å²) in [6.45, 7) is 5.66. The summed E-state index contributed by atoms with van der Waals surface area (Å²) in [5, 5.41) is 2.82. The van der Waals surface area contributed by atoms with Gasteiger partial charge in [0.15, 0.2) is 17.6 Å². The lowest BCUT2D eigenvalue weighted by Gasteiger charge is -2.17. The SMILES string of the molecule is COc1ccc(NC(=O)[C@H](C)Oc2cc(C)ccc2C)cc1OC. The highest BCUT2D eigenvalue weighted by molar-refractivity contribution is 5.94. The van der Waals surface area contributed by atoms with Crippen molar-refractivity contribution < 1.29 is 19.0 Å². The summed E-state index contributed by atoms with van der Waals surface area (Å²) >= 11 is 0. The monoisotopic (exact) mass is 329 g/mol. The van der Waals surface area contributed by atoms with Crippen molar-refractivity contribution in [3.63, 3.8) is 0 Å². The lowest BCUT2D eigenvalue weighted by Crippen LogP contribution is -2.30. The Balaban J connectivity index is 2.07. The van der Waals surface area contributed by atoms with Crippen molar-refractivity contribution in [2.45, 2.75) is 26.9 Å². The van der Waals surface area contributed by atoms with E-state index in [1.807, 2.05) is 32.0 Å². The Morgan fingerprint density at radius 2 is 1.67 bits per heavy atom. The lowest BCUT2D eigenvalue weighted by molar-refractivity contribution is -0.122. The van der Waals surface area contributed by atoms with Crippen molar-refractivity contribution in [3.05, 3.63) is 47.5 Å². The molecule has 2 rings (SSSR count). The van der Waals surface area contributed by atoms with Gasteiger partial charge in [-0.05, 0) is 50.1 Å². The van der Waals surface area contributed by atoms with Crippen LogP contribution in [0.4, 0.5) is 5.69 Å². The maximum Gasteiger partial charge on any atom is 0.265 e. The molecule has 2 aromatic carbocycles. The van der Waals surface area contributed by atoms with E-state index >= 15 is 0 Å². The first-order valence-corrected chi connectivity index (χ1v) is 7.71. The number of carbonyl (C=O) groups is 1. The second kappa shape index (κ2) is 7.73. The smallest absolute Gasteiger partial charge is 0.265 e. The van der Waals surface area contributed by atoms with Crippen LogP contribution in [-0.2, 0) is 4.79 Å². The molecule has 0 aliphatic heterocycles. The zero-order chi connectivity index (χ0) is 17.7. The molecule has 1 N–H and O–H groups in total. The Morgan fingerprint density at radius 3 is 2.33 bits per heavy atom. The summed E-state index contributed by atoms with van der Waals surface area (Å²) in [5.41, 5.74) is 2.70. The molecular formula is C19H23NO4. The Morgan fingerprint density at radius 1 is 0.958 bits per heavy atom. The highest BCUT2D eigenvalue weighted by Gasteiger charge is 2.17. The van der Waals surface area contributed by atoms with Crippen LogP contribution in [0.2, 0.25) is 0 Å². The maximum absolute atomic E-state index is 12.4. The number of methoxy groups -OCH3 is 2. The Kier molecular flexibility index (Phi) is 5.68. The molecule has 0 heterocycles. The van der Waals surface area contributed by atoms with Crippen LogP contribution in [0, 0.1) is 13.8 Å². The number of amides is 1. The normalized spacial score (nSPS) is 11.5. The predicted octanol–water partition coefficient (Wildman–Crippen LogP) is 3.73. The zero-order valence-electron chi connectivity index (χ0n) is 14.7. The van der Waals surface area contributed by atoms with Crippen molar-refractivity contribution in [3.8, 4) is 17.2 Å². The molecule has 0 bridgehead atoms. The van der Waals surface area contributed by atoms with Crippen LogP contribution in [0.25, 0.3) is 0 Å². The van der Waals surface area contributed by atoms with E-state index in [4.69, 9.17) is 14.2 Å². The summed E-state index contributed by atoms with van der Waals surface area (Å²) in [6, 6.07) is 11.1. The second-order valence-corrected chi connectivity index (χ2v) is 5.59. The number of aryl methyl sites for hydroxylation is 2. The molecule has 5 nitrogen and oxygen atoms in total. The van der Waals surface area contributed by atoms with Crippen LogP contribution in [-0.4, -0.2) is 26.2 Å². The molecular weight excluding hydrogens is 306 g/mol. The third-order valence-corrected chi connectivity index (χ3v) is 3.67. The van der Waals surface area contributed by atoms with Gasteiger partial charge in [-0.25, -0.2) is 0 Å². The van der Waals surface area contributed by atoms with Gasteiger partial charge in [-0.1, -0.05) is 12.1 Å². The van der Waals surface area contributed by atoms with Gasteiger partial charge >= 0.3 is 0 Å². The van der Waals surface area contributed by atoms with Crippen LogP contribution in [0.1, 0.15) is 18.1 Å². The number of anilines is 1. The molecule has 0 unspecified atom stereocenters. The van der Waals surface area contributed by atoms with Crippen LogP contribution in [0.3, 0.4) is 0 Å². The van der Waals surface area contributed by atoms with Crippen LogP contribution >= 0.6 is 0 Å². The molecule has 0 radical (unpaired) electrons. The number of nitrogens with one attached hydrogen (secondary N) is 1. The van der Waals surface area contributed by atoms with Crippen molar-refractivity contribution >= 4 is 11.6 Å². The first kappa shape index (κ1) is 17.7. The highest BCUT2D eigenvalue weighted by Crippen LogP contribution is 2.30. The number of hydrogen-bond donors (Lipinski definition) is 1. The van der Waals surface area contributed by atoms with Crippen LogP contribution in [0.15, 0.2) is 36.4 Å². The fourth-order valence-corrected chi connectivity index (χ4v) is 2.24. The first-order chi connectivity index (χ1) is 11.4. The standard InChI is InChI=1S/C19H23NO4/c1-12-6-7-13(2)17(10-12)24-14(3)19(21)20-15-8-9-16(22-4)18(11-15)23-5/h6-11,14H,1-5H3,(H,20,21)/t14-/m0/s1. The van der Waals surface area contributed by atoms with E-state index in [2.05, 4.69) is 5.32 Å². The zero-order valence-corrected chi connectivity index (χ0v) is 14.7. The minimum absolute atomic E-state index is 0.233. The van der Waals surface area contributed by atoms with Gasteiger partial charge in [-0.2, -0.15) is 0 Å². The van der Waals surface area contributed by atoms with Gasteiger partial charge in [-0.15, -0.1) is 0 Å². The van der Waals surface area contributed by atoms with Crippen LogP contribution in [0.5, 0.6) is 17.2 Å². The molecule has 2 aromatic rings. The van der Waals surface area contributed by atoms with Crippen LogP contribution < -0.4 is 19.5 Å². The minimum Gasteiger partial charge on any atom is -0.493 e. The van der Waals surface area contributed by atoms with Gasteiger partial charge in [0, 0.05) is 11.8 Å². The van der Waals surface area contributed by atoms with E-state index in [0.29, 0.717) is 22.9 Å². The van der Waals surface area contributed by atoms with Gasteiger partial charge in [0.2, 0.25) is 0 Å². The molecule has 0 saturated carbocycles. The number of benzene rings is 2. The summed E-state index contributed by atoms with van der Waals surface area (Å²) < 4.78 is 16.2. The minimum atomic E-state index is -0.626. The van der Waals surface area contributed by atoms with E-state index in [0.717, 1.165) is 11.1 Å². The molecule has 0 saturated heterocycles. The molecule has 5 heteroatoms. The van der Waals surface area contributed by atoms with Gasteiger partial charge in [0.1, 0.15) is 5.75 Å². The molecule has 0 fully saturated rings. The molecule has 0 spiro atoms. The van der Waals surface area contributed by atoms with Crippen molar-refractivity contribution in [1.29, 1.82) is 0 Å². The Bertz CT molecular complexity index is 727. The molecule has 24 heavy (non-hydrogen) atoms. The topological polar surface area (TPSA) is 56.8 Å². The van der Waals surface area contributed by atoms with E-state index in [-0.39, 0.29) is 5.91 Å². The average Bonchev–Trinajstić information content (AvgIpc) is 2.57. The average molecular weight is 329 g/mol. The molecule has 1 amide bonds. The first-order valence-electron chi connectivity index (χ1n) is 7.71. The van der Waals surface area contributed by atoms with E-state index in [9.17, 15) is 4.79 Å². The largest absolute Gasteiger partial charge is 0.493 e. The molecule has 1 atom stereocenters. The predicted molar refractivity (Wildman–Crippen MR) is 94.2 cm³/mol. The fourth-order valence-electron chi connectivity index (χ4n) is 2.24. The number of carbonyl (C=O) groups excluding carboxylic acids is 1. The molecule has 0 aliphatic rings. The van der Waals surface area contributed by atoms with Gasteiger partial charge in [0.05, 0.1) is 14.2 Å². The third-order valence-electron chi connectivity index (χ3n) is 3.67. The summed E-state index contributed by atoms with van der Waals surface area (Å²) in [5.74, 6) is 1.64. The fraction of sp³-hybridized carbons (Fsp3) is 0.316. The number of hydrogen-bond acceptors (Lipinski definition) is 4. The van der Waals surface area contributed by atoms with Crippen molar-refractivity contribution in [1.82, 2.24) is 0 Å². The maximum atomic E-state index is 12.4. The van der Waals surface area contributed by atoms with E-state index in [1.54, 1.807) is 39.3 Å². The molecule has 0 aromatic heterocycles. The van der Waals surface area contributed by atoms with Gasteiger partial charge in [-0.3, -0.25) is 4.79 Å². The quantitative estimate of drug-likeness (QED) is 0.877. The number of ether oxygens (including phenoxy) is 3. The molecule has 0 aliphatic carbocycles. The third kappa shape index (κ3) is 4.19. The summed E-state index contributed by atoms with van der Waals surface area (Å²) in [7, 11) is 3.12. The summed E-state index contributed by atoms with van der Waals surface area (Å²) in [6.07, 6.45) is -0.626.